The Morgan fingerprint density at radius 2 is 1.84 bits per heavy atom. The van der Waals surface area contributed by atoms with Gasteiger partial charge in [-0.05, 0) is 30.5 Å². The van der Waals surface area contributed by atoms with E-state index in [0.29, 0.717) is 5.92 Å². The highest BCUT2D eigenvalue weighted by atomic mass is 16.3. The van der Waals surface area contributed by atoms with Gasteiger partial charge in [-0.3, -0.25) is 4.90 Å². The Labute approximate surface area is 116 Å². The zero-order valence-electron chi connectivity index (χ0n) is 12.3. The van der Waals surface area contributed by atoms with Crippen molar-refractivity contribution in [2.24, 2.45) is 5.92 Å². The molecule has 0 amide bonds. The third kappa shape index (κ3) is 3.95. The number of anilines is 1. The minimum atomic E-state index is -0.203. The summed E-state index contributed by atoms with van der Waals surface area (Å²) < 4.78 is 0. The molecule has 1 unspecified atom stereocenters. The second-order valence-electron chi connectivity index (χ2n) is 5.94. The molecular weight excluding hydrogens is 236 g/mol. The molecule has 3 heteroatoms. The fourth-order valence-electron chi connectivity index (χ4n) is 2.49. The summed E-state index contributed by atoms with van der Waals surface area (Å²) in [6, 6.07) is 8.70. The van der Waals surface area contributed by atoms with Gasteiger partial charge in [0.2, 0.25) is 0 Å². The van der Waals surface area contributed by atoms with Gasteiger partial charge in [-0.25, -0.2) is 0 Å². The molecule has 1 aliphatic heterocycles. The fourth-order valence-corrected chi connectivity index (χ4v) is 2.49. The summed E-state index contributed by atoms with van der Waals surface area (Å²) in [7, 11) is 0. The molecule has 0 saturated carbocycles. The monoisotopic (exact) mass is 262 g/mol. The van der Waals surface area contributed by atoms with Crippen LogP contribution in [0.25, 0.3) is 0 Å². The number of hydrogen-bond acceptors (Lipinski definition) is 3. The summed E-state index contributed by atoms with van der Waals surface area (Å²) in [5.74, 6) is 0.342. The molecule has 0 aromatic heterocycles. The molecule has 0 radical (unpaired) electrons. The van der Waals surface area contributed by atoms with Crippen molar-refractivity contribution in [1.82, 2.24) is 4.90 Å². The van der Waals surface area contributed by atoms with Crippen molar-refractivity contribution in [2.75, 3.05) is 37.6 Å². The van der Waals surface area contributed by atoms with Gasteiger partial charge in [0.1, 0.15) is 0 Å². The molecule has 0 bridgehead atoms. The third-order valence-corrected chi connectivity index (χ3v) is 3.95. The van der Waals surface area contributed by atoms with Crippen LogP contribution in [0.4, 0.5) is 5.69 Å². The Kier molecular flexibility index (Phi) is 4.83. The van der Waals surface area contributed by atoms with Crippen molar-refractivity contribution in [2.45, 2.75) is 26.9 Å². The first-order valence-corrected chi connectivity index (χ1v) is 7.28. The maximum Gasteiger partial charge on any atom is 0.0689 e. The smallest absolute Gasteiger partial charge is 0.0689 e. The summed E-state index contributed by atoms with van der Waals surface area (Å²) >= 11 is 0. The molecule has 0 aliphatic carbocycles. The van der Waals surface area contributed by atoms with Crippen LogP contribution in [0, 0.1) is 12.8 Å². The van der Waals surface area contributed by atoms with Crippen LogP contribution in [0.1, 0.15) is 19.4 Å². The van der Waals surface area contributed by atoms with Gasteiger partial charge in [0.05, 0.1) is 6.10 Å². The van der Waals surface area contributed by atoms with Gasteiger partial charge in [0.25, 0.3) is 0 Å². The molecule has 1 atom stereocenters. The van der Waals surface area contributed by atoms with Crippen LogP contribution in [0.3, 0.4) is 0 Å². The number of nitrogens with zero attached hydrogens (tertiary/aromatic N) is 2. The standard InChI is InChI=1S/C16H26N2O/c1-13(2)16(19)12-17-7-9-18(10-8-17)15-6-4-5-14(3)11-15/h4-6,11,13,16,19H,7-10,12H2,1-3H3. The second kappa shape index (κ2) is 6.40. The van der Waals surface area contributed by atoms with Crippen molar-refractivity contribution >= 4 is 5.69 Å². The lowest BCUT2D eigenvalue weighted by Crippen LogP contribution is -2.49. The predicted octanol–water partition coefficient (Wildman–Crippen LogP) is 2.13. The summed E-state index contributed by atoms with van der Waals surface area (Å²) in [5, 5.41) is 9.94. The van der Waals surface area contributed by atoms with Crippen LogP contribution in [0.2, 0.25) is 0 Å². The number of β-amino-alcohol motifs (C(OH)–C–C–N with tert-alkyl or cyclic N) is 1. The van der Waals surface area contributed by atoms with Crippen LogP contribution in [-0.2, 0) is 0 Å². The molecule has 19 heavy (non-hydrogen) atoms. The highest BCUT2D eigenvalue weighted by Crippen LogP contribution is 2.18. The predicted molar refractivity (Wildman–Crippen MR) is 80.7 cm³/mol. The van der Waals surface area contributed by atoms with E-state index >= 15 is 0 Å². The normalized spacial score (nSPS) is 18.9. The highest BCUT2D eigenvalue weighted by molar-refractivity contribution is 5.48. The van der Waals surface area contributed by atoms with E-state index in [2.05, 4.69) is 54.8 Å². The zero-order valence-corrected chi connectivity index (χ0v) is 12.3. The molecule has 1 N–H and O–H groups in total. The van der Waals surface area contributed by atoms with E-state index in [1.54, 1.807) is 0 Å². The molecule has 1 fully saturated rings. The van der Waals surface area contributed by atoms with Crippen molar-refractivity contribution < 1.29 is 5.11 Å². The van der Waals surface area contributed by atoms with Crippen LogP contribution >= 0.6 is 0 Å². The summed E-state index contributed by atoms with van der Waals surface area (Å²) in [6.45, 7) is 11.3. The Morgan fingerprint density at radius 3 is 2.42 bits per heavy atom. The Balaban J connectivity index is 1.85. The number of piperazine rings is 1. The number of benzene rings is 1. The van der Waals surface area contributed by atoms with Crippen LogP contribution in [-0.4, -0.2) is 48.8 Å². The number of hydrogen-bond donors (Lipinski definition) is 1. The topological polar surface area (TPSA) is 26.7 Å². The molecule has 0 spiro atoms. The SMILES string of the molecule is Cc1cccc(N2CCN(CC(O)C(C)C)CC2)c1. The van der Waals surface area contributed by atoms with Crippen LogP contribution in [0.5, 0.6) is 0 Å². The number of aliphatic hydroxyl groups is 1. The largest absolute Gasteiger partial charge is 0.392 e. The Morgan fingerprint density at radius 1 is 1.16 bits per heavy atom. The summed E-state index contributed by atoms with van der Waals surface area (Å²) in [4.78, 5) is 4.81. The van der Waals surface area contributed by atoms with Gasteiger partial charge < -0.3 is 10.0 Å². The third-order valence-electron chi connectivity index (χ3n) is 3.95. The second-order valence-corrected chi connectivity index (χ2v) is 5.94. The lowest BCUT2D eigenvalue weighted by atomic mass is 10.1. The van der Waals surface area contributed by atoms with Gasteiger partial charge in [0.15, 0.2) is 0 Å². The quantitative estimate of drug-likeness (QED) is 0.900. The van der Waals surface area contributed by atoms with Gasteiger partial charge in [-0.2, -0.15) is 0 Å². The van der Waals surface area contributed by atoms with Gasteiger partial charge in [-0.15, -0.1) is 0 Å². The molecule has 1 aromatic rings. The van der Waals surface area contributed by atoms with E-state index in [-0.39, 0.29) is 6.10 Å². The van der Waals surface area contributed by atoms with E-state index in [4.69, 9.17) is 0 Å². The molecule has 106 valence electrons. The summed E-state index contributed by atoms with van der Waals surface area (Å²) in [5.41, 5.74) is 2.64. The number of rotatable bonds is 4. The molecule has 1 heterocycles. The van der Waals surface area contributed by atoms with Crippen molar-refractivity contribution in [3.63, 3.8) is 0 Å². The highest BCUT2D eigenvalue weighted by Gasteiger charge is 2.20. The van der Waals surface area contributed by atoms with Gasteiger partial charge in [-0.1, -0.05) is 26.0 Å². The lowest BCUT2D eigenvalue weighted by molar-refractivity contribution is 0.0739. The Hall–Kier alpha value is -1.06. The molecule has 3 nitrogen and oxygen atoms in total. The minimum Gasteiger partial charge on any atom is -0.392 e. The average molecular weight is 262 g/mol. The fraction of sp³-hybridized carbons (Fsp3) is 0.625. The first kappa shape index (κ1) is 14.4. The minimum absolute atomic E-state index is 0.203. The first-order valence-electron chi connectivity index (χ1n) is 7.28. The van der Waals surface area contributed by atoms with Crippen LogP contribution < -0.4 is 4.90 Å². The molecule has 1 saturated heterocycles. The Bertz CT molecular complexity index is 397. The average Bonchev–Trinajstić information content (AvgIpc) is 2.39. The van der Waals surface area contributed by atoms with E-state index in [1.165, 1.54) is 11.3 Å². The first-order chi connectivity index (χ1) is 9.06. The maximum absolute atomic E-state index is 9.94. The number of aliphatic hydroxyl groups excluding tert-OH is 1. The number of aryl methyl sites for hydroxylation is 1. The van der Waals surface area contributed by atoms with Crippen molar-refractivity contribution in [3.05, 3.63) is 29.8 Å². The molecule has 1 aromatic carbocycles. The summed E-state index contributed by atoms with van der Waals surface area (Å²) in [6.07, 6.45) is -0.203. The van der Waals surface area contributed by atoms with Crippen molar-refractivity contribution in [1.29, 1.82) is 0 Å². The van der Waals surface area contributed by atoms with Crippen molar-refractivity contribution in [3.8, 4) is 0 Å². The van der Waals surface area contributed by atoms with E-state index in [0.717, 1.165) is 32.7 Å². The van der Waals surface area contributed by atoms with Gasteiger partial charge >= 0.3 is 0 Å². The van der Waals surface area contributed by atoms with E-state index in [1.807, 2.05) is 0 Å². The molecular formula is C16H26N2O. The molecule has 2 rings (SSSR count). The molecule has 1 aliphatic rings. The zero-order chi connectivity index (χ0) is 13.8. The van der Waals surface area contributed by atoms with E-state index < -0.39 is 0 Å². The van der Waals surface area contributed by atoms with Gasteiger partial charge in [0, 0.05) is 38.4 Å². The maximum atomic E-state index is 9.94. The lowest BCUT2D eigenvalue weighted by Gasteiger charge is -2.37. The van der Waals surface area contributed by atoms with E-state index in [9.17, 15) is 5.11 Å². The van der Waals surface area contributed by atoms with Crippen LogP contribution in [0.15, 0.2) is 24.3 Å².